The zero-order valence-corrected chi connectivity index (χ0v) is 11.8. The molecule has 2 aromatic rings. The number of aryl methyl sites for hydroxylation is 1. The summed E-state index contributed by atoms with van der Waals surface area (Å²) >= 11 is 0. The van der Waals surface area contributed by atoms with E-state index in [1.165, 1.54) is 4.68 Å². The zero-order chi connectivity index (χ0) is 14.5. The Hall–Kier alpha value is -2.19. The summed E-state index contributed by atoms with van der Waals surface area (Å²) in [5.74, 6) is 0. The maximum absolute atomic E-state index is 12.4. The lowest BCUT2D eigenvalue weighted by Crippen LogP contribution is -2.34. The number of nitriles is 1. The molecule has 0 amide bonds. The van der Waals surface area contributed by atoms with Crippen molar-refractivity contribution in [2.24, 2.45) is 0 Å². The molecule has 20 heavy (non-hydrogen) atoms. The van der Waals surface area contributed by atoms with Crippen LogP contribution in [0.1, 0.15) is 19.0 Å². The predicted molar refractivity (Wildman–Crippen MR) is 78.2 cm³/mol. The van der Waals surface area contributed by atoms with Crippen LogP contribution in [0.25, 0.3) is 10.8 Å². The molecule has 1 heterocycles. The number of benzene rings is 1. The fraction of sp³-hybridized carbons (Fsp3) is 0.400. The standard InChI is InChI=1S/C15H18N4O/c1-3-18(10-6-9-16)11-19-15(20)14-8-5-4-7-13(14)12(2)17-19/h4-5,7-8H,3,6,10-11H2,1-2H3. The summed E-state index contributed by atoms with van der Waals surface area (Å²) in [6.45, 7) is 5.76. The van der Waals surface area contributed by atoms with Crippen molar-refractivity contribution in [1.29, 1.82) is 5.26 Å². The summed E-state index contributed by atoms with van der Waals surface area (Å²) in [5.41, 5.74) is 0.762. The smallest absolute Gasteiger partial charge is 0.275 e. The van der Waals surface area contributed by atoms with E-state index >= 15 is 0 Å². The van der Waals surface area contributed by atoms with Crippen LogP contribution in [0.3, 0.4) is 0 Å². The van der Waals surface area contributed by atoms with E-state index in [9.17, 15) is 4.79 Å². The maximum Gasteiger partial charge on any atom is 0.275 e. The molecule has 104 valence electrons. The van der Waals surface area contributed by atoms with Crippen molar-refractivity contribution >= 4 is 10.8 Å². The third kappa shape index (κ3) is 2.86. The van der Waals surface area contributed by atoms with Gasteiger partial charge in [0, 0.05) is 18.4 Å². The van der Waals surface area contributed by atoms with E-state index in [1.807, 2.05) is 43.0 Å². The van der Waals surface area contributed by atoms with Crippen LogP contribution in [0, 0.1) is 18.3 Å². The van der Waals surface area contributed by atoms with Crippen LogP contribution in [-0.2, 0) is 6.67 Å². The summed E-state index contributed by atoms with van der Waals surface area (Å²) in [4.78, 5) is 14.4. The van der Waals surface area contributed by atoms with Crippen LogP contribution in [0.2, 0.25) is 0 Å². The molecular formula is C15H18N4O. The Labute approximate surface area is 118 Å². The SMILES string of the molecule is CCN(CCC#N)Cn1nc(C)c2ccccc2c1=O. The summed E-state index contributed by atoms with van der Waals surface area (Å²) in [6, 6.07) is 9.64. The molecule has 0 aliphatic rings. The summed E-state index contributed by atoms with van der Waals surface area (Å²) < 4.78 is 1.48. The average molecular weight is 270 g/mol. The van der Waals surface area contributed by atoms with Crippen LogP contribution in [-0.4, -0.2) is 27.8 Å². The first-order chi connectivity index (χ1) is 9.67. The number of aromatic nitrogens is 2. The summed E-state index contributed by atoms with van der Waals surface area (Å²) in [5, 5.41) is 14.6. The highest BCUT2D eigenvalue weighted by atomic mass is 16.1. The van der Waals surface area contributed by atoms with Crippen molar-refractivity contribution in [2.75, 3.05) is 13.1 Å². The number of hydrogen-bond acceptors (Lipinski definition) is 4. The van der Waals surface area contributed by atoms with E-state index in [0.717, 1.165) is 17.6 Å². The lowest BCUT2D eigenvalue weighted by atomic mass is 10.1. The van der Waals surface area contributed by atoms with Gasteiger partial charge >= 0.3 is 0 Å². The summed E-state index contributed by atoms with van der Waals surface area (Å²) in [7, 11) is 0. The van der Waals surface area contributed by atoms with Crippen molar-refractivity contribution in [1.82, 2.24) is 14.7 Å². The zero-order valence-electron chi connectivity index (χ0n) is 11.8. The Balaban J connectivity index is 2.38. The Morgan fingerprint density at radius 2 is 2.05 bits per heavy atom. The van der Waals surface area contributed by atoms with Gasteiger partial charge in [-0.3, -0.25) is 9.69 Å². The molecule has 5 nitrogen and oxygen atoms in total. The molecule has 0 N–H and O–H groups in total. The molecule has 0 bridgehead atoms. The number of hydrogen-bond donors (Lipinski definition) is 0. The van der Waals surface area contributed by atoms with Crippen molar-refractivity contribution in [2.45, 2.75) is 26.9 Å². The van der Waals surface area contributed by atoms with Crippen LogP contribution in [0.4, 0.5) is 0 Å². The third-order valence-electron chi connectivity index (χ3n) is 3.37. The lowest BCUT2D eigenvalue weighted by Gasteiger charge is -2.20. The Morgan fingerprint density at radius 1 is 1.35 bits per heavy atom. The third-order valence-corrected chi connectivity index (χ3v) is 3.37. The van der Waals surface area contributed by atoms with Gasteiger partial charge in [-0.25, -0.2) is 4.68 Å². The molecule has 0 aliphatic carbocycles. The molecule has 1 aromatic carbocycles. The van der Waals surface area contributed by atoms with Crippen molar-refractivity contribution in [3.05, 3.63) is 40.3 Å². The molecule has 1 aromatic heterocycles. The first-order valence-electron chi connectivity index (χ1n) is 6.73. The van der Waals surface area contributed by atoms with Gasteiger partial charge in [0.1, 0.15) is 0 Å². The minimum Gasteiger partial charge on any atom is -0.284 e. The predicted octanol–water partition coefficient (Wildman–Crippen LogP) is 1.90. The van der Waals surface area contributed by atoms with Crippen LogP contribution in [0.15, 0.2) is 29.1 Å². The molecule has 0 spiro atoms. The van der Waals surface area contributed by atoms with Crippen LogP contribution < -0.4 is 5.56 Å². The fourth-order valence-electron chi connectivity index (χ4n) is 2.23. The van der Waals surface area contributed by atoms with Crippen LogP contribution in [0.5, 0.6) is 0 Å². The second-order valence-electron chi connectivity index (χ2n) is 4.70. The molecule has 2 rings (SSSR count). The van der Waals surface area contributed by atoms with E-state index < -0.39 is 0 Å². The molecule has 0 unspecified atom stereocenters. The Morgan fingerprint density at radius 3 is 2.70 bits per heavy atom. The number of rotatable bonds is 5. The van der Waals surface area contributed by atoms with E-state index in [0.29, 0.717) is 25.0 Å². The quantitative estimate of drug-likeness (QED) is 0.832. The topological polar surface area (TPSA) is 61.9 Å². The van der Waals surface area contributed by atoms with E-state index in [1.54, 1.807) is 0 Å². The first kappa shape index (κ1) is 14.2. The van der Waals surface area contributed by atoms with Gasteiger partial charge in [0.2, 0.25) is 0 Å². The Kier molecular flexibility index (Phi) is 4.49. The van der Waals surface area contributed by atoms with Crippen molar-refractivity contribution < 1.29 is 0 Å². The van der Waals surface area contributed by atoms with Crippen LogP contribution >= 0.6 is 0 Å². The second kappa shape index (κ2) is 6.31. The molecule has 0 saturated heterocycles. The van der Waals surface area contributed by atoms with Crippen molar-refractivity contribution in [3.8, 4) is 6.07 Å². The van der Waals surface area contributed by atoms with Gasteiger partial charge in [-0.05, 0) is 19.5 Å². The van der Waals surface area contributed by atoms with Gasteiger partial charge in [-0.15, -0.1) is 0 Å². The highest BCUT2D eigenvalue weighted by Crippen LogP contribution is 2.11. The highest BCUT2D eigenvalue weighted by molar-refractivity contribution is 5.83. The second-order valence-corrected chi connectivity index (χ2v) is 4.70. The molecule has 5 heteroatoms. The van der Waals surface area contributed by atoms with E-state index in [4.69, 9.17) is 5.26 Å². The largest absolute Gasteiger partial charge is 0.284 e. The molecule has 0 radical (unpaired) electrons. The molecule has 0 aliphatic heterocycles. The Bertz CT molecular complexity index is 699. The lowest BCUT2D eigenvalue weighted by molar-refractivity contribution is 0.217. The number of nitrogens with zero attached hydrogens (tertiary/aromatic N) is 4. The highest BCUT2D eigenvalue weighted by Gasteiger charge is 2.10. The van der Waals surface area contributed by atoms with Gasteiger partial charge in [0.15, 0.2) is 0 Å². The fourth-order valence-corrected chi connectivity index (χ4v) is 2.23. The van der Waals surface area contributed by atoms with Gasteiger partial charge in [-0.1, -0.05) is 25.1 Å². The minimum atomic E-state index is -0.0818. The number of fused-ring (bicyclic) bond motifs is 1. The normalized spacial score (nSPS) is 10.9. The van der Waals surface area contributed by atoms with E-state index in [2.05, 4.69) is 11.2 Å². The molecule has 0 fully saturated rings. The minimum absolute atomic E-state index is 0.0818. The van der Waals surface area contributed by atoms with E-state index in [-0.39, 0.29) is 5.56 Å². The average Bonchev–Trinajstić information content (AvgIpc) is 2.48. The monoisotopic (exact) mass is 270 g/mol. The van der Waals surface area contributed by atoms with Gasteiger partial charge < -0.3 is 0 Å². The van der Waals surface area contributed by atoms with Gasteiger partial charge in [0.25, 0.3) is 5.56 Å². The summed E-state index contributed by atoms with van der Waals surface area (Å²) in [6.07, 6.45) is 0.454. The molecule has 0 atom stereocenters. The van der Waals surface area contributed by atoms with Gasteiger partial charge in [-0.2, -0.15) is 10.4 Å². The maximum atomic E-state index is 12.4. The molecular weight excluding hydrogens is 252 g/mol. The van der Waals surface area contributed by atoms with Gasteiger partial charge in [0.05, 0.1) is 23.8 Å². The molecule has 0 saturated carbocycles. The first-order valence-corrected chi connectivity index (χ1v) is 6.73. The van der Waals surface area contributed by atoms with Crippen molar-refractivity contribution in [3.63, 3.8) is 0 Å².